The summed E-state index contributed by atoms with van der Waals surface area (Å²) >= 11 is 6.27. The first-order valence-corrected chi connectivity index (χ1v) is 10.3. The van der Waals surface area contributed by atoms with Crippen molar-refractivity contribution in [1.29, 1.82) is 0 Å². The molecule has 2 aliphatic rings. The Balaban J connectivity index is 1.62. The lowest BCUT2D eigenvalue weighted by Gasteiger charge is -2.31. The SMILES string of the molecule is C[C@@H]1Cc2cc(S(=O)(=O)N3CCO[C@H](c4cnn(C)c4)C3)cc(Cl)c2O1. The zero-order valence-corrected chi connectivity index (χ0v) is 16.1. The smallest absolute Gasteiger partial charge is 0.243 e. The second-order valence-electron chi connectivity index (χ2n) is 6.70. The fourth-order valence-electron chi connectivity index (χ4n) is 3.41. The lowest BCUT2D eigenvalue weighted by Crippen LogP contribution is -2.42. The van der Waals surface area contributed by atoms with Crippen LogP contribution in [0.15, 0.2) is 29.4 Å². The van der Waals surface area contributed by atoms with Gasteiger partial charge in [-0.1, -0.05) is 11.6 Å². The molecule has 140 valence electrons. The van der Waals surface area contributed by atoms with Crippen molar-refractivity contribution >= 4 is 21.6 Å². The highest BCUT2D eigenvalue weighted by atomic mass is 35.5. The van der Waals surface area contributed by atoms with Crippen LogP contribution in [0.25, 0.3) is 0 Å². The molecule has 0 N–H and O–H groups in total. The highest BCUT2D eigenvalue weighted by Gasteiger charge is 2.34. The maximum absolute atomic E-state index is 13.2. The summed E-state index contributed by atoms with van der Waals surface area (Å²) in [7, 11) is -1.86. The van der Waals surface area contributed by atoms with Gasteiger partial charge in [0.2, 0.25) is 10.0 Å². The summed E-state index contributed by atoms with van der Waals surface area (Å²) < 4.78 is 40.8. The van der Waals surface area contributed by atoms with Crippen LogP contribution in [0.2, 0.25) is 5.02 Å². The number of morpholine rings is 1. The molecule has 2 aromatic rings. The Labute approximate surface area is 157 Å². The van der Waals surface area contributed by atoms with Crippen molar-refractivity contribution < 1.29 is 17.9 Å². The Morgan fingerprint density at radius 3 is 2.88 bits per heavy atom. The van der Waals surface area contributed by atoms with E-state index in [-0.39, 0.29) is 23.6 Å². The Hall–Kier alpha value is -1.61. The number of hydrogen-bond acceptors (Lipinski definition) is 5. The van der Waals surface area contributed by atoms with Crippen LogP contribution in [-0.2, 0) is 28.2 Å². The number of nitrogens with zero attached hydrogens (tertiary/aromatic N) is 3. The molecule has 7 nitrogen and oxygen atoms in total. The van der Waals surface area contributed by atoms with E-state index in [1.807, 2.05) is 20.2 Å². The summed E-state index contributed by atoms with van der Waals surface area (Å²) in [6.45, 7) is 2.82. The second-order valence-corrected chi connectivity index (χ2v) is 9.04. The van der Waals surface area contributed by atoms with E-state index in [0.29, 0.717) is 30.3 Å². The first kappa shape index (κ1) is 17.8. The van der Waals surface area contributed by atoms with Crippen molar-refractivity contribution in [3.63, 3.8) is 0 Å². The molecule has 1 aromatic carbocycles. The monoisotopic (exact) mass is 397 g/mol. The van der Waals surface area contributed by atoms with Gasteiger partial charge in [-0.3, -0.25) is 4.68 Å². The zero-order chi connectivity index (χ0) is 18.5. The van der Waals surface area contributed by atoms with E-state index in [2.05, 4.69) is 5.10 Å². The summed E-state index contributed by atoms with van der Waals surface area (Å²) in [5.41, 5.74) is 1.70. The predicted octanol–water partition coefficient (Wildman–Crippen LogP) is 2.16. The minimum absolute atomic E-state index is 0.00111. The average molecular weight is 398 g/mol. The zero-order valence-electron chi connectivity index (χ0n) is 14.6. The number of benzene rings is 1. The molecule has 1 fully saturated rings. The van der Waals surface area contributed by atoms with Crippen LogP contribution < -0.4 is 4.74 Å². The van der Waals surface area contributed by atoms with E-state index >= 15 is 0 Å². The number of rotatable bonds is 3. The van der Waals surface area contributed by atoms with Gasteiger partial charge in [0.05, 0.1) is 28.8 Å². The van der Waals surface area contributed by atoms with Crippen LogP contribution in [-0.4, -0.2) is 48.3 Å². The highest BCUT2D eigenvalue weighted by molar-refractivity contribution is 7.89. The third-order valence-electron chi connectivity index (χ3n) is 4.68. The Morgan fingerprint density at radius 2 is 2.15 bits per heavy atom. The van der Waals surface area contributed by atoms with Gasteiger partial charge in [0, 0.05) is 43.9 Å². The number of aromatic nitrogens is 2. The molecular formula is C17H20ClN3O4S. The third kappa shape index (κ3) is 3.11. The minimum atomic E-state index is -3.67. The van der Waals surface area contributed by atoms with Crippen LogP contribution in [0.4, 0.5) is 0 Å². The molecule has 9 heteroatoms. The Morgan fingerprint density at radius 1 is 1.35 bits per heavy atom. The van der Waals surface area contributed by atoms with Crippen LogP contribution in [0.5, 0.6) is 5.75 Å². The molecule has 1 saturated heterocycles. The quantitative estimate of drug-likeness (QED) is 0.793. The van der Waals surface area contributed by atoms with Gasteiger partial charge in [0.15, 0.2) is 0 Å². The van der Waals surface area contributed by atoms with Crippen molar-refractivity contribution in [3.8, 4) is 5.75 Å². The van der Waals surface area contributed by atoms with Crippen molar-refractivity contribution in [2.24, 2.45) is 7.05 Å². The summed E-state index contributed by atoms with van der Waals surface area (Å²) in [5.74, 6) is 0.591. The molecule has 0 radical (unpaired) electrons. The van der Waals surface area contributed by atoms with Gasteiger partial charge in [-0.25, -0.2) is 8.42 Å². The van der Waals surface area contributed by atoms with Gasteiger partial charge in [-0.05, 0) is 19.1 Å². The molecule has 2 atom stereocenters. The summed E-state index contributed by atoms with van der Waals surface area (Å²) in [5, 5.41) is 4.47. The summed E-state index contributed by atoms with van der Waals surface area (Å²) in [6.07, 6.45) is 3.86. The largest absolute Gasteiger partial charge is 0.489 e. The molecule has 3 heterocycles. The fraction of sp³-hybridized carbons (Fsp3) is 0.471. The van der Waals surface area contributed by atoms with Crippen molar-refractivity contribution in [2.45, 2.75) is 30.4 Å². The molecule has 0 saturated carbocycles. The van der Waals surface area contributed by atoms with Gasteiger partial charge in [-0.2, -0.15) is 9.40 Å². The van der Waals surface area contributed by atoms with Gasteiger partial charge in [0.1, 0.15) is 11.9 Å². The molecule has 0 bridgehead atoms. The maximum Gasteiger partial charge on any atom is 0.243 e. The first-order chi connectivity index (χ1) is 12.3. The molecule has 2 aliphatic heterocycles. The van der Waals surface area contributed by atoms with E-state index in [0.717, 1.165) is 11.1 Å². The van der Waals surface area contributed by atoms with E-state index in [4.69, 9.17) is 21.1 Å². The second kappa shape index (κ2) is 6.53. The third-order valence-corrected chi connectivity index (χ3v) is 6.81. The number of sulfonamides is 1. The molecular weight excluding hydrogens is 378 g/mol. The van der Waals surface area contributed by atoms with E-state index in [9.17, 15) is 8.42 Å². The van der Waals surface area contributed by atoms with E-state index < -0.39 is 10.0 Å². The van der Waals surface area contributed by atoms with Gasteiger partial charge in [-0.15, -0.1) is 0 Å². The van der Waals surface area contributed by atoms with E-state index in [1.165, 1.54) is 10.4 Å². The summed E-state index contributed by atoms with van der Waals surface area (Å²) in [6, 6.07) is 3.15. The number of ether oxygens (including phenoxy) is 2. The molecule has 0 unspecified atom stereocenters. The Kier molecular flexibility index (Phi) is 4.46. The average Bonchev–Trinajstić information content (AvgIpc) is 3.20. The van der Waals surface area contributed by atoms with Crippen LogP contribution in [0, 0.1) is 0 Å². The maximum atomic E-state index is 13.2. The normalized spacial score (nSPS) is 23.7. The molecule has 1 aromatic heterocycles. The van der Waals surface area contributed by atoms with Crippen LogP contribution >= 0.6 is 11.6 Å². The molecule has 26 heavy (non-hydrogen) atoms. The van der Waals surface area contributed by atoms with Crippen LogP contribution in [0.3, 0.4) is 0 Å². The van der Waals surface area contributed by atoms with Crippen LogP contribution in [0.1, 0.15) is 24.2 Å². The van der Waals surface area contributed by atoms with Crippen molar-refractivity contribution in [3.05, 3.63) is 40.7 Å². The molecule has 0 spiro atoms. The van der Waals surface area contributed by atoms with E-state index in [1.54, 1.807) is 16.9 Å². The topological polar surface area (TPSA) is 73.7 Å². The molecule has 0 amide bonds. The molecule has 4 rings (SSSR count). The first-order valence-electron chi connectivity index (χ1n) is 8.44. The highest BCUT2D eigenvalue weighted by Crippen LogP contribution is 2.39. The number of aryl methyl sites for hydroxylation is 1. The van der Waals surface area contributed by atoms with Crippen molar-refractivity contribution in [2.75, 3.05) is 19.7 Å². The minimum Gasteiger partial charge on any atom is -0.489 e. The number of fused-ring (bicyclic) bond motifs is 1. The Bertz CT molecular complexity index is 943. The number of hydrogen-bond donors (Lipinski definition) is 0. The van der Waals surface area contributed by atoms with Crippen molar-refractivity contribution in [1.82, 2.24) is 14.1 Å². The fourth-order valence-corrected chi connectivity index (χ4v) is 5.26. The predicted molar refractivity (Wildman–Crippen MR) is 95.9 cm³/mol. The lowest BCUT2D eigenvalue weighted by atomic mass is 10.1. The molecule has 0 aliphatic carbocycles. The van der Waals surface area contributed by atoms with Gasteiger partial charge >= 0.3 is 0 Å². The van der Waals surface area contributed by atoms with Gasteiger partial charge < -0.3 is 9.47 Å². The summed E-state index contributed by atoms with van der Waals surface area (Å²) in [4.78, 5) is 0.200. The van der Waals surface area contributed by atoms with Gasteiger partial charge in [0.25, 0.3) is 0 Å². The lowest BCUT2D eigenvalue weighted by molar-refractivity contribution is -0.00259. The standard InChI is InChI=1S/C17H20ClN3O4S/c1-11-5-12-6-14(7-15(18)17(12)25-11)26(22,23)21-3-4-24-16(10-21)13-8-19-20(2)9-13/h6-9,11,16H,3-5,10H2,1-2H3/t11-,16+/m1/s1. The number of halogens is 1.